The van der Waals surface area contributed by atoms with Crippen molar-refractivity contribution in [3.63, 3.8) is 0 Å². The lowest BCUT2D eigenvalue weighted by Gasteiger charge is -2.14. The van der Waals surface area contributed by atoms with Gasteiger partial charge in [-0.15, -0.1) is 0 Å². The van der Waals surface area contributed by atoms with Crippen molar-refractivity contribution < 1.29 is 13.2 Å². The van der Waals surface area contributed by atoms with E-state index in [1.807, 2.05) is 6.07 Å². The number of pyridine rings is 1. The van der Waals surface area contributed by atoms with Crippen LogP contribution in [0.3, 0.4) is 0 Å². The highest BCUT2D eigenvalue weighted by molar-refractivity contribution is 5.96. The lowest BCUT2D eigenvalue weighted by atomic mass is 9.97. The summed E-state index contributed by atoms with van der Waals surface area (Å²) in [7, 11) is 1.74. The van der Waals surface area contributed by atoms with Crippen LogP contribution in [-0.2, 0) is 0 Å². The summed E-state index contributed by atoms with van der Waals surface area (Å²) < 4.78 is 41.8. The molecular weight excluding hydrogens is 365 g/mol. The smallest absolute Gasteiger partial charge is 0.166 e. The van der Waals surface area contributed by atoms with E-state index in [1.54, 1.807) is 44.6 Å². The van der Waals surface area contributed by atoms with Crippen LogP contribution >= 0.6 is 0 Å². The molecule has 0 radical (unpaired) electrons. The van der Waals surface area contributed by atoms with Crippen molar-refractivity contribution >= 4 is 16.7 Å². The summed E-state index contributed by atoms with van der Waals surface area (Å²) in [5.74, 6) is -2.15. The first kappa shape index (κ1) is 17.9. The number of halogens is 3. The minimum absolute atomic E-state index is 0.149. The van der Waals surface area contributed by atoms with Crippen LogP contribution in [0.1, 0.15) is 5.56 Å². The normalized spacial score (nSPS) is 11.0. The molecule has 2 aromatic carbocycles. The quantitative estimate of drug-likeness (QED) is 0.501. The largest absolute Gasteiger partial charge is 0.373 e. The average molecular weight is 380 g/mol. The average Bonchev–Trinajstić information content (AvgIpc) is 2.71. The second-order valence-electron chi connectivity index (χ2n) is 6.27. The molecule has 4 rings (SSSR count). The predicted octanol–water partition coefficient (Wildman–Crippen LogP) is 5.13. The monoisotopic (exact) mass is 380 g/mol. The molecule has 0 aliphatic heterocycles. The SMILES string of the molecule is CNc1nc(-c2cccnc2)nc2c(C)c(-c3cc(F)cc(F)c3F)ccc12. The van der Waals surface area contributed by atoms with Gasteiger partial charge < -0.3 is 5.32 Å². The predicted molar refractivity (Wildman–Crippen MR) is 102 cm³/mol. The molecule has 0 saturated carbocycles. The van der Waals surface area contributed by atoms with Crippen LogP contribution in [-0.4, -0.2) is 22.0 Å². The molecule has 0 atom stereocenters. The molecule has 28 heavy (non-hydrogen) atoms. The van der Waals surface area contributed by atoms with E-state index in [4.69, 9.17) is 0 Å². The van der Waals surface area contributed by atoms with Crippen molar-refractivity contribution in [2.45, 2.75) is 6.92 Å². The lowest BCUT2D eigenvalue weighted by Crippen LogP contribution is -2.01. The fraction of sp³-hybridized carbons (Fsp3) is 0.0952. The summed E-state index contributed by atoms with van der Waals surface area (Å²) in [6.07, 6.45) is 3.29. The Morgan fingerprint density at radius 2 is 1.79 bits per heavy atom. The van der Waals surface area contributed by atoms with E-state index in [0.717, 1.165) is 6.07 Å². The summed E-state index contributed by atoms with van der Waals surface area (Å²) in [5, 5.41) is 3.75. The minimum atomic E-state index is -1.23. The van der Waals surface area contributed by atoms with Gasteiger partial charge >= 0.3 is 0 Å². The van der Waals surface area contributed by atoms with Gasteiger partial charge in [-0.2, -0.15) is 0 Å². The molecule has 140 valence electrons. The van der Waals surface area contributed by atoms with Crippen molar-refractivity contribution in [1.29, 1.82) is 0 Å². The number of anilines is 1. The minimum Gasteiger partial charge on any atom is -0.373 e. The molecule has 4 nitrogen and oxygen atoms in total. The van der Waals surface area contributed by atoms with E-state index in [-0.39, 0.29) is 5.56 Å². The second-order valence-corrected chi connectivity index (χ2v) is 6.27. The molecule has 0 spiro atoms. The Morgan fingerprint density at radius 3 is 2.50 bits per heavy atom. The highest BCUT2D eigenvalue weighted by Gasteiger charge is 2.18. The molecule has 2 heterocycles. The Labute approximate surface area is 159 Å². The van der Waals surface area contributed by atoms with Crippen LogP contribution in [0, 0.1) is 24.4 Å². The molecule has 0 aliphatic carbocycles. The van der Waals surface area contributed by atoms with Crippen LogP contribution in [0.2, 0.25) is 0 Å². The van der Waals surface area contributed by atoms with Gasteiger partial charge in [0.2, 0.25) is 0 Å². The number of benzene rings is 2. The molecule has 0 amide bonds. The van der Waals surface area contributed by atoms with E-state index in [9.17, 15) is 13.2 Å². The Kier molecular flexibility index (Phi) is 4.43. The Balaban J connectivity index is 2.01. The molecule has 2 aromatic heterocycles. The van der Waals surface area contributed by atoms with Gasteiger partial charge in [-0.25, -0.2) is 23.1 Å². The summed E-state index contributed by atoms with van der Waals surface area (Å²) >= 11 is 0. The molecule has 0 fully saturated rings. The maximum atomic E-state index is 14.3. The number of nitrogens with zero attached hydrogens (tertiary/aromatic N) is 3. The summed E-state index contributed by atoms with van der Waals surface area (Å²) in [6, 6.07) is 8.43. The highest BCUT2D eigenvalue weighted by Crippen LogP contribution is 2.34. The topological polar surface area (TPSA) is 50.7 Å². The van der Waals surface area contributed by atoms with Crippen LogP contribution in [0.25, 0.3) is 33.4 Å². The van der Waals surface area contributed by atoms with Gasteiger partial charge in [-0.1, -0.05) is 6.07 Å². The molecule has 0 unspecified atom stereocenters. The summed E-state index contributed by atoms with van der Waals surface area (Å²) in [4.78, 5) is 13.2. The molecule has 0 saturated heterocycles. The molecule has 4 aromatic rings. The first-order chi connectivity index (χ1) is 13.5. The van der Waals surface area contributed by atoms with Crippen LogP contribution in [0.4, 0.5) is 19.0 Å². The van der Waals surface area contributed by atoms with E-state index < -0.39 is 17.5 Å². The summed E-state index contributed by atoms with van der Waals surface area (Å²) in [6.45, 7) is 1.74. The number of aromatic nitrogens is 3. The first-order valence-electron chi connectivity index (χ1n) is 8.54. The zero-order valence-corrected chi connectivity index (χ0v) is 15.1. The number of hydrogen-bond donors (Lipinski definition) is 1. The standard InChI is InChI=1S/C21H15F3N4/c1-11-14(16-8-13(22)9-17(23)18(16)24)5-6-15-19(11)27-20(28-21(15)25-2)12-4-3-7-26-10-12/h3-10H,1-2H3,(H,25,27,28). The Bertz CT molecular complexity index is 1190. The third-order valence-corrected chi connectivity index (χ3v) is 4.56. The zero-order valence-electron chi connectivity index (χ0n) is 15.1. The maximum absolute atomic E-state index is 14.3. The molecule has 1 N–H and O–H groups in total. The maximum Gasteiger partial charge on any atom is 0.166 e. The van der Waals surface area contributed by atoms with Crippen molar-refractivity contribution in [2.24, 2.45) is 0 Å². The molecular formula is C21H15F3N4. The number of nitrogens with one attached hydrogen (secondary N) is 1. The molecule has 7 heteroatoms. The van der Waals surface area contributed by atoms with Crippen LogP contribution in [0.15, 0.2) is 48.8 Å². The number of aryl methyl sites for hydroxylation is 1. The third-order valence-electron chi connectivity index (χ3n) is 4.56. The van der Waals surface area contributed by atoms with Crippen molar-refractivity contribution in [2.75, 3.05) is 12.4 Å². The second kappa shape index (κ2) is 6.92. The van der Waals surface area contributed by atoms with E-state index in [0.29, 0.717) is 45.3 Å². The third kappa shape index (κ3) is 2.94. The fourth-order valence-corrected chi connectivity index (χ4v) is 3.19. The van der Waals surface area contributed by atoms with E-state index >= 15 is 0 Å². The van der Waals surface area contributed by atoms with Gasteiger partial charge in [0.25, 0.3) is 0 Å². The lowest BCUT2D eigenvalue weighted by molar-refractivity contribution is 0.497. The molecule has 0 bridgehead atoms. The van der Waals surface area contributed by atoms with Gasteiger partial charge in [-0.3, -0.25) is 4.98 Å². The van der Waals surface area contributed by atoms with E-state index in [1.165, 1.54) is 0 Å². The molecule has 0 aliphatic rings. The van der Waals surface area contributed by atoms with Crippen molar-refractivity contribution in [3.05, 3.63) is 71.8 Å². The van der Waals surface area contributed by atoms with Gasteiger partial charge in [0.05, 0.1) is 5.52 Å². The van der Waals surface area contributed by atoms with Gasteiger partial charge in [-0.05, 0) is 42.3 Å². The van der Waals surface area contributed by atoms with Gasteiger partial charge in [0, 0.05) is 42.0 Å². The number of rotatable bonds is 3. The summed E-state index contributed by atoms with van der Waals surface area (Å²) in [5.41, 5.74) is 2.07. The number of hydrogen-bond acceptors (Lipinski definition) is 4. The Morgan fingerprint density at radius 1 is 0.964 bits per heavy atom. The van der Waals surface area contributed by atoms with Gasteiger partial charge in [0.15, 0.2) is 17.5 Å². The van der Waals surface area contributed by atoms with Gasteiger partial charge in [0.1, 0.15) is 11.6 Å². The first-order valence-corrected chi connectivity index (χ1v) is 8.54. The zero-order chi connectivity index (χ0) is 19.8. The highest BCUT2D eigenvalue weighted by atomic mass is 19.2. The Hall–Kier alpha value is -3.48. The van der Waals surface area contributed by atoms with Crippen LogP contribution < -0.4 is 5.32 Å². The van der Waals surface area contributed by atoms with Crippen molar-refractivity contribution in [1.82, 2.24) is 15.0 Å². The number of fused-ring (bicyclic) bond motifs is 1. The van der Waals surface area contributed by atoms with Crippen LogP contribution in [0.5, 0.6) is 0 Å². The fourth-order valence-electron chi connectivity index (χ4n) is 3.19. The van der Waals surface area contributed by atoms with Crippen molar-refractivity contribution in [3.8, 4) is 22.5 Å². The van der Waals surface area contributed by atoms with E-state index in [2.05, 4.69) is 20.3 Å².